The third kappa shape index (κ3) is 11.5. The molecule has 0 N–H and O–H groups in total. The smallest absolute Gasteiger partial charge is 0.228 e. The van der Waals surface area contributed by atoms with Crippen molar-refractivity contribution in [3.05, 3.63) is 0 Å². The predicted octanol–water partition coefficient (Wildman–Crippen LogP) is 8.25. The van der Waals surface area contributed by atoms with E-state index in [9.17, 15) is 0 Å². The molecule has 4 heteroatoms. The van der Waals surface area contributed by atoms with E-state index in [1.165, 1.54) is 25.7 Å². The van der Waals surface area contributed by atoms with Gasteiger partial charge in [-0.2, -0.15) is 9.78 Å². The van der Waals surface area contributed by atoms with Crippen LogP contribution in [0.25, 0.3) is 0 Å². The lowest BCUT2D eigenvalue weighted by Crippen LogP contribution is -2.48. The van der Waals surface area contributed by atoms with Gasteiger partial charge in [-0.3, -0.25) is 0 Å². The number of hydrogen-bond donors (Lipinski definition) is 0. The molecule has 2 unspecified atom stereocenters. The molecule has 2 fully saturated rings. The summed E-state index contributed by atoms with van der Waals surface area (Å²) < 4.78 is 0. The fourth-order valence-corrected chi connectivity index (χ4v) is 5.04. The second kappa shape index (κ2) is 10.2. The summed E-state index contributed by atoms with van der Waals surface area (Å²) in [4.78, 5) is 22.7. The normalized spacial score (nSPS) is 28.4. The van der Waals surface area contributed by atoms with E-state index in [2.05, 4.69) is 41.5 Å². The fraction of sp³-hybridized carbons (Fsp3) is 1.00. The van der Waals surface area contributed by atoms with E-state index in [1.54, 1.807) is 0 Å². The molecule has 4 nitrogen and oxygen atoms in total. The van der Waals surface area contributed by atoms with Gasteiger partial charge in [0, 0.05) is 12.8 Å². The first kappa shape index (κ1) is 27.9. The Hall–Kier alpha value is -0.160. The molecule has 30 heavy (non-hydrogen) atoms. The van der Waals surface area contributed by atoms with Crippen molar-refractivity contribution in [2.24, 2.45) is 22.7 Å². The van der Waals surface area contributed by atoms with Crippen LogP contribution < -0.4 is 0 Å². The van der Waals surface area contributed by atoms with Crippen molar-refractivity contribution < 1.29 is 19.6 Å². The van der Waals surface area contributed by atoms with E-state index in [0.717, 1.165) is 25.2 Å². The molecule has 0 saturated heterocycles. The Bertz CT molecular complexity index is 492. The molecule has 2 aliphatic rings. The van der Waals surface area contributed by atoms with Gasteiger partial charge in [0.25, 0.3) is 0 Å². The summed E-state index contributed by atoms with van der Waals surface area (Å²) in [6.07, 6.45) is 8.45. The van der Waals surface area contributed by atoms with Gasteiger partial charge in [-0.25, -0.2) is 9.78 Å². The Labute approximate surface area is 187 Å². The van der Waals surface area contributed by atoms with E-state index >= 15 is 0 Å². The summed E-state index contributed by atoms with van der Waals surface area (Å²) in [5.74, 6) is 0.622. The van der Waals surface area contributed by atoms with Crippen molar-refractivity contribution in [3.8, 4) is 0 Å². The molecular formula is C26H52O4. The Morgan fingerprint density at radius 2 is 1.13 bits per heavy atom. The van der Waals surface area contributed by atoms with Gasteiger partial charge < -0.3 is 0 Å². The van der Waals surface area contributed by atoms with Gasteiger partial charge in [-0.05, 0) is 83.5 Å². The molecule has 0 amide bonds. The first-order valence-electron chi connectivity index (χ1n) is 12.1. The van der Waals surface area contributed by atoms with Crippen LogP contribution in [0.2, 0.25) is 0 Å². The molecule has 2 rings (SSSR count). The van der Waals surface area contributed by atoms with E-state index in [1.807, 2.05) is 41.5 Å². The van der Waals surface area contributed by atoms with Crippen LogP contribution >= 0.6 is 0 Å². The first-order valence-corrected chi connectivity index (χ1v) is 12.1. The van der Waals surface area contributed by atoms with Gasteiger partial charge in [-0.1, -0.05) is 54.4 Å². The van der Waals surface area contributed by atoms with Crippen molar-refractivity contribution in [1.29, 1.82) is 0 Å². The van der Waals surface area contributed by atoms with Gasteiger partial charge >= 0.3 is 0 Å². The summed E-state index contributed by atoms with van der Waals surface area (Å²) in [7, 11) is 0. The van der Waals surface area contributed by atoms with E-state index in [-0.39, 0.29) is 16.6 Å². The first-order chi connectivity index (χ1) is 13.3. The van der Waals surface area contributed by atoms with Crippen molar-refractivity contribution in [2.45, 2.75) is 145 Å². The highest BCUT2D eigenvalue weighted by molar-refractivity contribution is 4.88. The lowest BCUT2D eigenvalue weighted by molar-refractivity contribution is -0.551. The summed E-state index contributed by atoms with van der Waals surface area (Å²) in [6, 6.07) is 0. The van der Waals surface area contributed by atoms with Crippen molar-refractivity contribution in [1.82, 2.24) is 0 Å². The van der Waals surface area contributed by atoms with Gasteiger partial charge in [0.1, 0.15) is 0 Å². The molecule has 180 valence electrons. The minimum atomic E-state index is -0.846. The highest BCUT2D eigenvalue weighted by atomic mass is 17.3. The minimum Gasteiger partial charge on any atom is -0.228 e. The van der Waals surface area contributed by atoms with Crippen LogP contribution in [0, 0.1) is 22.7 Å². The van der Waals surface area contributed by atoms with Crippen LogP contribution in [0.4, 0.5) is 0 Å². The molecule has 0 spiro atoms. The van der Waals surface area contributed by atoms with Crippen LogP contribution in [0.3, 0.4) is 0 Å². The van der Waals surface area contributed by atoms with E-state index < -0.39 is 5.79 Å². The van der Waals surface area contributed by atoms with Crippen LogP contribution in [-0.4, -0.2) is 17.0 Å². The van der Waals surface area contributed by atoms with E-state index in [0.29, 0.717) is 11.3 Å². The molecule has 0 aromatic rings. The zero-order valence-electron chi connectivity index (χ0n) is 22.2. The maximum Gasteiger partial charge on any atom is 0.234 e. The van der Waals surface area contributed by atoms with Crippen molar-refractivity contribution in [2.75, 3.05) is 0 Å². The molecule has 2 aliphatic carbocycles. The van der Waals surface area contributed by atoms with E-state index in [4.69, 9.17) is 19.6 Å². The lowest BCUT2D eigenvalue weighted by Gasteiger charge is -2.46. The molecule has 0 radical (unpaired) electrons. The quantitative estimate of drug-likeness (QED) is 0.256. The minimum absolute atomic E-state index is 0.125. The summed E-state index contributed by atoms with van der Waals surface area (Å²) in [6.45, 7) is 25.6. The number of hydrogen-bond acceptors (Lipinski definition) is 4. The van der Waals surface area contributed by atoms with Crippen LogP contribution in [0.1, 0.15) is 128 Å². The molecule has 2 saturated carbocycles. The van der Waals surface area contributed by atoms with Gasteiger partial charge in [0.2, 0.25) is 5.79 Å². The summed E-state index contributed by atoms with van der Waals surface area (Å²) in [5.41, 5.74) is 0.00363. The third-order valence-electron chi connectivity index (χ3n) is 5.65. The van der Waals surface area contributed by atoms with Crippen LogP contribution in [0.5, 0.6) is 0 Å². The summed E-state index contributed by atoms with van der Waals surface area (Å²) in [5, 5.41) is 0. The average molecular weight is 429 g/mol. The van der Waals surface area contributed by atoms with Crippen molar-refractivity contribution in [3.63, 3.8) is 0 Å². The molecule has 0 aliphatic heterocycles. The Morgan fingerprint density at radius 1 is 0.667 bits per heavy atom. The lowest BCUT2D eigenvalue weighted by atomic mass is 9.70. The van der Waals surface area contributed by atoms with Crippen LogP contribution in [-0.2, 0) is 19.6 Å². The number of rotatable bonds is 4. The fourth-order valence-electron chi connectivity index (χ4n) is 5.04. The Morgan fingerprint density at radius 3 is 1.47 bits per heavy atom. The largest absolute Gasteiger partial charge is 0.234 e. The highest BCUT2D eigenvalue weighted by Crippen LogP contribution is 2.47. The van der Waals surface area contributed by atoms with Gasteiger partial charge in [0.05, 0.1) is 11.2 Å². The van der Waals surface area contributed by atoms with Gasteiger partial charge in [0.15, 0.2) is 0 Å². The molecule has 0 aromatic heterocycles. The third-order valence-corrected chi connectivity index (χ3v) is 5.65. The standard InChI is InChI=1S/C17H34O4.C9H18/c1-13-10-16(8,9)12-17(11-13,20-18-14(2,3)4)21-19-15(5,6)7;1-8-5-4-6-9(2,3)7-8/h13H,10-12H2,1-9H3;8H,4-7H2,1-3H3. The molecular weight excluding hydrogens is 376 g/mol. The second-order valence-corrected chi connectivity index (χ2v) is 13.7. The SMILES string of the molecule is CC1CC(C)(C)CC(OOC(C)(C)C)(OOC(C)(C)C)C1.CC1CCCC(C)(C)C1. The maximum atomic E-state index is 5.79. The molecule has 0 bridgehead atoms. The molecule has 0 heterocycles. The Kier molecular flexibility index (Phi) is 9.47. The molecule has 0 aromatic carbocycles. The van der Waals surface area contributed by atoms with Crippen molar-refractivity contribution >= 4 is 0 Å². The second-order valence-electron chi connectivity index (χ2n) is 13.7. The Balaban J connectivity index is 0.000000414. The van der Waals surface area contributed by atoms with Crippen LogP contribution in [0.15, 0.2) is 0 Å². The summed E-state index contributed by atoms with van der Waals surface area (Å²) >= 11 is 0. The molecule has 2 atom stereocenters. The average Bonchev–Trinajstić information content (AvgIpc) is 2.47. The van der Waals surface area contributed by atoms with Gasteiger partial charge in [-0.15, -0.1) is 0 Å². The highest BCUT2D eigenvalue weighted by Gasteiger charge is 2.48. The zero-order valence-corrected chi connectivity index (χ0v) is 22.2. The maximum absolute atomic E-state index is 5.79. The topological polar surface area (TPSA) is 36.9 Å². The zero-order chi connectivity index (χ0) is 23.4. The monoisotopic (exact) mass is 428 g/mol. The predicted molar refractivity (Wildman–Crippen MR) is 125 cm³/mol.